The number of hydrogen-bond donors (Lipinski definition) is 0. The number of ketones is 1. The normalized spacial score (nSPS) is 10.2. The zero-order valence-corrected chi connectivity index (χ0v) is 7.44. The van der Waals surface area contributed by atoms with Crippen LogP contribution in [0.15, 0.2) is 0 Å². The van der Waals surface area contributed by atoms with Crippen molar-refractivity contribution in [1.82, 2.24) is 9.78 Å². The molecule has 0 unspecified atom stereocenters. The van der Waals surface area contributed by atoms with Crippen molar-refractivity contribution >= 4 is 17.4 Å². The summed E-state index contributed by atoms with van der Waals surface area (Å²) in [7, 11) is 1.76. The van der Waals surface area contributed by atoms with E-state index in [0.29, 0.717) is 10.7 Å². The predicted octanol–water partition coefficient (Wildman–Crippen LogP) is 1.58. The quantitative estimate of drug-likeness (QED) is 0.603. The molecular weight excluding hydrogens is 164 g/mol. The number of Topliss-reactive ketones (excluding diaryl/α,β-unsaturated/α-hetero) is 1. The summed E-state index contributed by atoms with van der Waals surface area (Å²) in [5.74, 6) is -0.0984. The molecule has 0 radical (unpaired) electrons. The molecule has 1 aromatic heterocycles. The number of aromatic nitrogens is 2. The van der Waals surface area contributed by atoms with Gasteiger partial charge >= 0.3 is 0 Å². The molecule has 0 amide bonds. The second-order valence-corrected chi connectivity index (χ2v) is 2.81. The van der Waals surface area contributed by atoms with Crippen LogP contribution in [0, 0.1) is 6.92 Å². The van der Waals surface area contributed by atoms with E-state index in [2.05, 4.69) is 5.10 Å². The lowest BCUT2D eigenvalue weighted by atomic mass is 10.3. The Hall–Kier alpha value is -0.830. The first-order valence-electron chi connectivity index (χ1n) is 3.24. The summed E-state index contributed by atoms with van der Waals surface area (Å²) in [6.45, 7) is 3.27. The van der Waals surface area contributed by atoms with Gasteiger partial charge in [-0.1, -0.05) is 11.6 Å². The van der Waals surface area contributed by atoms with Gasteiger partial charge in [-0.05, 0) is 6.92 Å². The highest BCUT2D eigenvalue weighted by atomic mass is 35.5. The van der Waals surface area contributed by atoms with Crippen LogP contribution in [0.5, 0.6) is 0 Å². The van der Waals surface area contributed by atoms with Gasteiger partial charge in [0.05, 0.1) is 10.7 Å². The van der Waals surface area contributed by atoms with E-state index in [9.17, 15) is 4.79 Å². The first-order chi connectivity index (χ1) is 5.04. The maximum atomic E-state index is 10.9. The Morgan fingerprint density at radius 2 is 2.18 bits per heavy atom. The van der Waals surface area contributed by atoms with Crippen LogP contribution in [-0.4, -0.2) is 15.6 Å². The van der Waals surface area contributed by atoms with Crippen LogP contribution in [-0.2, 0) is 7.05 Å². The third kappa shape index (κ3) is 1.28. The van der Waals surface area contributed by atoms with Gasteiger partial charge in [-0.25, -0.2) is 0 Å². The summed E-state index contributed by atoms with van der Waals surface area (Å²) in [5, 5.41) is 4.40. The molecule has 1 heterocycles. The lowest BCUT2D eigenvalue weighted by Crippen LogP contribution is -1.96. The monoisotopic (exact) mass is 172 g/mol. The summed E-state index contributed by atoms with van der Waals surface area (Å²) in [5.41, 5.74) is 1.17. The number of carbonyl (C=O) groups is 1. The van der Waals surface area contributed by atoms with Gasteiger partial charge in [0, 0.05) is 14.0 Å². The molecule has 11 heavy (non-hydrogen) atoms. The summed E-state index contributed by atoms with van der Waals surface area (Å²) in [6, 6.07) is 0. The van der Waals surface area contributed by atoms with E-state index in [1.165, 1.54) is 6.92 Å². The number of nitrogens with zero attached hydrogens (tertiary/aromatic N) is 2. The van der Waals surface area contributed by atoms with Crippen LogP contribution in [0.3, 0.4) is 0 Å². The standard InChI is InChI=1S/C7H9ClN2O/c1-4-6(8)7(5(2)11)9-10(4)3/h1-3H3. The van der Waals surface area contributed by atoms with Crippen LogP contribution in [0.25, 0.3) is 0 Å². The molecule has 60 valence electrons. The van der Waals surface area contributed by atoms with Crippen molar-refractivity contribution in [3.63, 3.8) is 0 Å². The van der Waals surface area contributed by atoms with Crippen molar-refractivity contribution in [2.75, 3.05) is 0 Å². The second-order valence-electron chi connectivity index (χ2n) is 2.43. The van der Waals surface area contributed by atoms with Gasteiger partial charge in [0.2, 0.25) is 0 Å². The number of hydrogen-bond acceptors (Lipinski definition) is 2. The summed E-state index contributed by atoms with van der Waals surface area (Å²) in [4.78, 5) is 10.9. The fourth-order valence-electron chi connectivity index (χ4n) is 0.807. The number of halogens is 1. The first-order valence-corrected chi connectivity index (χ1v) is 3.62. The van der Waals surface area contributed by atoms with Gasteiger partial charge in [-0.3, -0.25) is 9.48 Å². The molecule has 4 heteroatoms. The lowest BCUT2D eigenvalue weighted by molar-refractivity contribution is 0.101. The molecule has 0 aliphatic heterocycles. The van der Waals surface area contributed by atoms with E-state index in [1.54, 1.807) is 11.7 Å². The van der Waals surface area contributed by atoms with E-state index >= 15 is 0 Å². The van der Waals surface area contributed by atoms with Gasteiger partial charge in [0.25, 0.3) is 0 Å². The highest BCUT2D eigenvalue weighted by Gasteiger charge is 2.13. The van der Waals surface area contributed by atoms with Crippen LogP contribution in [0.4, 0.5) is 0 Å². The van der Waals surface area contributed by atoms with Gasteiger partial charge in [-0.2, -0.15) is 5.10 Å². The largest absolute Gasteiger partial charge is 0.293 e. The van der Waals surface area contributed by atoms with Crippen LogP contribution >= 0.6 is 11.6 Å². The Balaban J connectivity index is 3.29. The maximum absolute atomic E-state index is 10.9. The first kappa shape index (κ1) is 8.27. The molecule has 0 fully saturated rings. The molecule has 0 atom stereocenters. The highest BCUT2D eigenvalue weighted by molar-refractivity contribution is 6.34. The molecule has 0 N–H and O–H groups in total. The molecule has 0 aliphatic carbocycles. The topological polar surface area (TPSA) is 34.9 Å². The molecule has 0 saturated heterocycles. The number of rotatable bonds is 1. The minimum absolute atomic E-state index is 0.0984. The van der Waals surface area contributed by atoms with Crippen molar-refractivity contribution in [2.45, 2.75) is 13.8 Å². The Labute approximate surface area is 70.0 Å². The zero-order chi connectivity index (χ0) is 8.59. The predicted molar refractivity (Wildman–Crippen MR) is 43.0 cm³/mol. The van der Waals surface area contributed by atoms with E-state index in [-0.39, 0.29) is 5.78 Å². The highest BCUT2D eigenvalue weighted by Crippen LogP contribution is 2.18. The van der Waals surface area contributed by atoms with Crippen molar-refractivity contribution in [1.29, 1.82) is 0 Å². The smallest absolute Gasteiger partial charge is 0.181 e. The van der Waals surface area contributed by atoms with E-state index in [0.717, 1.165) is 5.69 Å². The average Bonchev–Trinajstić information content (AvgIpc) is 2.17. The van der Waals surface area contributed by atoms with Crippen LogP contribution < -0.4 is 0 Å². The minimum Gasteiger partial charge on any atom is -0.293 e. The van der Waals surface area contributed by atoms with E-state index < -0.39 is 0 Å². The summed E-state index contributed by atoms with van der Waals surface area (Å²) >= 11 is 5.80. The zero-order valence-electron chi connectivity index (χ0n) is 6.68. The van der Waals surface area contributed by atoms with Gasteiger partial charge in [0.15, 0.2) is 5.78 Å². The molecule has 0 aliphatic rings. The molecule has 1 rings (SSSR count). The second kappa shape index (κ2) is 2.66. The van der Waals surface area contributed by atoms with E-state index in [1.807, 2.05) is 6.92 Å². The van der Waals surface area contributed by atoms with Gasteiger partial charge in [-0.15, -0.1) is 0 Å². The maximum Gasteiger partial charge on any atom is 0.181 e. The average molecular weight is 173 g/mol. The number of aryl methyl sites for hydroxylation is 1. The van der Waals surface area contributed by atoms with Crippen LogP contribution in [0.1, 0.15) is 23.1 Å². The Bertz CT molecular complexity index is 304. The molecule has 3 nitrogen and oxygen atoms in total. The Morgan fingerprint density at radius 3 is 2.36 bits per heavy atom. The molecule has 0 spiro atoms. The lowest BCUT2D eigenvalue weighted by Gasteiger charge is -1.89. The SMILES string of the molecule is CC(=O)c1nn(C)c(C)c1Cl. The minimum atomic E-state index is -0.0984. The van der Waals surface area contributed by atoms with Crippen LogP contribution in [0.2, 0.25) is 5.02 Å². The van der Waals surface area contributed by atoms with Gasteiger partial charge < -0.3 is 0 Å². The van der Waals surface area contributed by atoms with Gasteiger partial charge in [0.1, 0.15) is 5.69 Å². The molecule has 0 saturated carbocycles. The fourth-order valence-corrected chi connectivity index (χ4v) is 1.10. The van der Waals surface area contributed by atoms with Crippen molar-refractivity contribution in [3.05, 3.63) is 16.4 Å². The molecule has 1 aromatic rings. The molecular formula is C7H9ClN2O. The Kier molecular flexibility index (Phi) is 2.00. The molecule has 0 aromatic carbocycles. The summed E-state index contributed by atoms with van der Waals surface area (Å²) < 4.78 is 1.60. The van der Waals surface area contributed by atoms with Crippen molar-refractivity contribution in [2.24, 2.45) is 7.05 Å². The third-order valence-corrected chi connectivity index (χ3v) is 2.05. The molecule has 0 bridgehead atoms. The van der Waals surface area contributed by atoms with E-state index in [4.69, 9.17) is 11.6 Å². The van der Waals surface area contributed by atoms with Crippen molar-refractivity contribution < 1.29 is 4.79 Å². The summed E-state index contributed by atoms with van der Waals surface area (Å²) in [6.07, 6.45) is 0. The van der Waals surface area contributed by atoms with Crippen molar-refractivity contribution in [3.8, 4) is 0 Å². The fraction of sp³-hybridized carbons (Fsp3) is 0.429. The third-order valence-electron chi connectivity index (χ3n) is 1.59. The number of carbonyl (C=O) groups excluding carboxylic acids is 1. The Morgan fingerprint density at radius 1 is 1.64 bits per heavy atom.